The third-order valence-corrected chi connectivity index (χ3v) is 4.22. The van der Waals surface area contributed by atoms with Crippen LogP contribution in [-0.4, -0.2) is 51.4 Å². The molecule has 0 spiro atoms. The summed E-state index contributed by atoms with van der Waals surface area (Å²) in [5.74, 6) is -0.762. The van der Waals surface area contributed by atoms with Gasteiger partial charge in [0.05, 0.1) is 5.69 Å². The Kier molecular flexibility index (Phi) is 4.45. The molecule has 1 aromatic heterocycles. The molecule has 1 fully saturated rings. The number of rotatable bonds is 4. The van der Waals surface area contributed by atoms with E-state index in [1.54, 1.807) is 0 Å². The fourth-order valence-corrected chi connectivity index (χ4v) is 3.20. The minimum atomic E-state index is -0.762. The molecule has 1 aliphatic rings. The van der Waals surface area contributed by atoms with Crippen LogP contribution in [0.5, 0.6) is 0 Å². The highest BCUT2D eigenvalue weighted by molar-refractivity contribution is 5.74. The molecule has 0 saturated carbocycles. The first-order chi connectivity index (χ1) is 9.47. The number of carboxylic acids is 1. The van der Waals surface area contributed by atoms with E-state index in [0.29, 0.717) is 6.54 Å². The van der Waals surface area contributed by atoms with E-state index >= 15 is 0 Å². The molecule has 1 aliphatic heterocycles. The molecule has 2 heterocycles. The first-order valence-corrected chi connectivity index (χ1v) is 7.20. The Labute approximate surface area is 119 Å². The second-order valence-electron chi connectivity index (χ2n) is 5.37. The van der Waals surface area contributed by atoms with Gasteiger partial charge in [-0.2, -0.15) is 5.10 Å². The Morgan fingerprint density at radius 2 is 2.25 bits per heavy atom. The van der Waals surface area contributed by atoms with Crippen molar-refractivity contribution in [1.82, 2.24) is 20.0 Å². The number of nitrogens with one attached hydrogen (secondary N) is 1. The Morgan fingerprint density at radius 3 is 2.80 bits per heavy atom. The molecule has 0 radical (unpaired) electrons. The van der Waals surface area contributed by atoms with E-state index in [1.807, 2.05) is 11.6 Å². The molecule has 6 nitrogen and oxygen atoms in total. The number of carboxylic acid groups (broad SMARTS) is 1. The summed E-state index contributed by atoms with van der Waals surface area (Å²) in [5, 5.41) is 17.1. The number of carbonyl (C=O) groups is 1. The van der Waals surface area contributed by atoms with Gasteiger partial charge in [-0.1, -0.05) is 0 Å². The summed E-state index contributed by atoms with van der Waals surface area (Å²) in [7, 11) is 0. The van der Waals surface area contributed by atoms with E-state index in [2.05, 4.69) is 36.1 Å². The Morgan fingerprint density at radius 1 is 1.55 bits per heavy atom. The molecular weight excluding hydrogens is 256 g/mol. The van der Waals surface area contributed by atoms with Crippen LogP contribution in [0.3, 0.4) is 0 Å². The first kappa shape index (κ1) is 15.0. The number of aliphatic carboxylic acids is 1. The van der Waals surface area contributed by atoms with Gasteiger partial charge in [-0.15, -0.1) is 0 Å². The van der Waals surface area contributed by atoms with Gasteiger partial charge in [0.25, 0.3) is 0 Å². The summed E-state index contributed by atoms with van der Waals surface area (Å²) in [6.07, 6.45) is 0. The summed E-state index contributed by atoms with van der Waals surface area (Å²) in [6.45, 7) is 11.1. The van der Waals surface area contributed by atoms with Crippen molar-refractivity contribution >= 4 is 5.97 Å². The Balaban J connectivity index is 2.32. The molecule has 1 saturated heterocycles. The maximum atomic E-state index is 11.4. The van der Waals surface area contributed by atoms with Crippen LogP contribution in [0, 0.1) is 13.8 Å². The maximum absolute atomic E-state index is 11.4. The normalized spacial score (nSPS) is 21.9. The van der Waals surface area contributed by atoms with Gasteiger partial charge in [-0.05, 0) is 27.7 Å². The number of nitrogens with zero attached hydrogens (tertiary/aromatic N) is 3. The molecule has 2 N–H and O–H groups in total. The van der Waals surface area contributed by atoms with E-state index in [4.69, 9.17) is 0 Å². The van der Waals surface area contributed by atoms with E-state index < -0.39 is 12.0 Å². The third-order valence-electron chi connectivity index (χ3n) is 4.22. The molecule has 0 bridgehead atoms. The van der Waals surface area contributed by atoms with Crippen molar-refractivity contribution in [3.05, 3.63) is 17.0 Å². The molecule has 0 aromatic carbocycles. The van der Waals surface area contributed by atoms with Crippen LogP contribution in [0.2, 0.25) is 0 Å². The molecule has 1 aromatic rings. The van der Waals surface area contributed by atoms with Gasteiger partial charge in [0.1, 0.15) is 6.04 Å². The predicted molar refractivity (Wildman–Crippen MR) is 76.8 cm³/mol. The SMILES string of the molecule is CCn1nc(C)c(C(C)N2CCNCC2C(=O)O)c1C. The van der Waals surface area contributed by atoms with Crippen molar-refractivity contribution in [3.63, 3.8) is 0 Å². The number of piperazine rings is 1. The molecular formula is C14H24N4O2. The van der Waals surface area contributed by atoms with Gasteiger partial charge in [-0.25, -0.2) is 0 Å². The van der Waals surface area contributed by atoms with Crippen molar-refractivity contribution in [2.75, 3.05) is 19.6 Å². The molecule has 0 amide bonds. The highest BCUT2D eigenvalue weighted by Crippen LogP contribution is 2.28. The summed E-state index contributed by atoms with van der Waals surface area (Å²) in [6, 6.07) is -0.402. The van der Waals surface area contributed by atoms with E-state index in [-0.39, 0.29) is 6.04 Å². The first-order valence-electron chi connectivity index (χ1n) is 7.20. The van der Waals surface area contributed by atoms with E-state index in [1.165, 1.54) is 5.56 Å². The van der Waals surface area contributed by atoms with Crippen molar-refractivity contribution in [2.24, 2.45) is 0 Å². The monoisotopic (exact) mass is 280 g/mol. The Bertz CT molecular complexity index is 498. The Hall–Kier alpha value is -1.40. The van der Waals surface area contributed by atoms with Crippen molar-refractivity contribution in [1.29, 1.82) is 0 Å². The number of hydrogen-bond donors (Lipinski definition) is 2. The highest BCUT2D eigenvalue weighted by Gasteiger charge is 2.34. The summed E-state index contributed by atoms with van der Waals surface area (Å²) < 4.78 is 1.99. The third kappa shape index (κ3) is 2.58. The van der Waals surface area contributed by atoms with E-state index in [9.17, 15) is 9.90 Å². The lowest BCUT2D eigenvalue weighted by Crippen LogP contribution is -2.55. The fraction of sp³-hybridized carbons (Fsp3) is 0.714. The number of aromatic nitrogens is 2. The van der Waals surface area contributed by atoms with Crippen LogP contribution in [-0.2, 0) is 11.3 Å². The lowest BCUT2D eigenvalue weighted by atomic mass is 10.0. The van der Waals surface area contributed by atoms with Gasteiger partial charge in [-0.3, -0.25) is 14.4 Å². The van der Waals surface area contributed by atoms with Crippen LogP contribution in [0.15, 0.2) is 0 Å². The quantitative estimate of drug-likeness (QED) is 0.859. The average Bonchev–Trinajstić information content (AvgIpc) is 2.72. The fourth-order valence-electron chi connectivity index (χ4n) is 3.20. The lowest BCUT2D eigenvalue weighted by molar-refractivity contribution is -0.145. The van der Waals surface area contributed by atoms with Crippen molar-refractivity contribution in [2.45, 2.75) is 46.3 Å². The molecule has 0 aliphatic carbocycles. The minimum Gasteiger partial charge on any atom is -0.480 e. The van der Waals surface area contributed by atoms with E-state index in [0.717, 1.165) is 31.0 Å². The number of hydrogen-bond acceptors (Lipinski definition) is 4. The topological polar surface area (TPSA) is 70.4 Å². The van der Waals surface area contributed by atoms with Gasteiger partial charge in [0.15, 0.2) is 0 Å². The number of aryl methyl sites for hydroxylation is 2. The summed E-state index contributed by atoms with van der Waals surface area (Å²) in [5.41, 5.74) is 3.31. The summed E-state index contributed by atoms with van der Waals surface area (Å²) >= 11 is 0. The van der Waals surface area contributed by atoms with Crippen LogP contribution in [0.25, 0.3) is 0 Å². The molecule has 112 valence electrons. The second-order valence-corrected chi connectivity index (χ2v) is 5.37. The molecule has 2 atom stereocenters. The smallest absolute Gasteiger partial charge is 0.322 e. The standard InChI is InChI=1S/C14H24N4O2/c1-5-18-11(4)13(9(2)16-18)10(3)17-7-6-15-8-12(17)14(19)20/h10,12,15H,5-8H2,1-4H3,(H,19,20). The molecule has 6 heteroatoms. The predicted octanol–water partition coefficient (Wildman–Crippen LogP) is 0.939. The van der Waals surface area contributed by atoms with Gasteiger partial charge < -0.3 is 10.4 Å². The largest absolute Gasteiger partial charge is 0.480 e. The van der Waals surface area contributed by atoms with Gasteiger partial charge >= 0.3 is 5.97 Å². The summed E-state index contributed by atoms with van der Waals surface area (Å²) in [4.78, 5) is 13.5. The van der Waals surface area contributed by atoms with Gasteiger partial charge in [0.2, 0.25) is 0 Å². The highest BCUT2D eigenvalue weighted by atomic mass is 16.4. The van der Waals surface area contributed by atoms with Gasteiger partial charge in [0, 0.05) is 43.5 Å². The average molecular weight is 280 g/mol. The minimum absolute atomic E-state index is 0.0681. The van der Waals surface area contributed by atoms with Crippen LogP contribution in [0.1, 0.15) is 36.8 Å². The van der Waals surface area contributed by atoms with Crippen LogP contribution < -0.4 is 5.32 Å². The zero-order valence-corrected chi connectivity index (χ0v) is 12.7. The zero-order chi connectivity index (χ0) is 14.9. The zero-order valence-electron chi connectivity index (χ0n) is 12.7. The van der Waals surface area contributed by atoms with Crippen molar-refractivity contribution in [3.8, 4) is 0 Å². The maximum Gasteiger partial charge on any atom is 0.322 e. The van der Waals surface area contributed by atoms with Crippen LogP contribution in [0.4, 0.5) is 0 Å². The lowest BCUT2D eigenvalue weighted by Gasteiger charge is -2.38. The van der Waals surface area contributed by atoms with Crippen molar-refractivity contribution < 1.29 is 9.90 Å². The van der Waals surface area contributed by atoms with Crippen LogP contribution >= 0.6 is 0 Å². The molecule has 20 heavy (non-hydrogen) atoms. The molecule has 2 rings (SSSR count). The second kappa shape index (κ2) is 5.93. The molecule has 2 unspecified atom stereocenters.